The van der Waals surface area contributed by atoms with Crippen molar-refractivity contribution in [2.45, 2.75) is 53.0 Å². The van der Waals surface area contributed by atoms with E-state index in [4.69, 9.17) is 0 Å². The van der Waals surface area contributed by atoms with E-state index in [-0.39, 0.29) is 5.69 Å². The second kappa shape index (κ2) is 5.64. The quantitative estimate of drug-likeness (QED) is 0.870. The Labute approximate surface area is 114 Å². The number of H-pyrrole nitrogens is 1. The van der Waals surface area contributed by atoms with E-state index in [9.17, 15) is 4.79 Å². The zero-order valence-corrected chi connectivity index (χ0v) is 12.4. The minimum absolute atomic E-state index is 0.00974. The van der Waals surface area contributed by atoms with Gasteiger partial charge in [0.05, 0.1) is 11.0 Å². The molecular formula is C16H24N2O. The average Bonchev–Trinajstić information content (AvgIpc) is 2.69. The first-order chi connectivity index (χ1) is 9.02. The third kappa shape index (κ3) is 2.91. The highest BCUT2D eigenvalue weighted by Crippen LogP contribution is 2.25. The van der Waals surface area contributed by atoms with Gasteiger partial charge in [-0.2, -0.15) is 0 Å². The van der Waals surface area contributed by atoms with Gasteiger partial charge >= 0.3 is 5.69 Å². The van der Waals surface area contributed by atoms with Gasteiger partial charge in [0, 0.05) is 6.54 Å². The SMILES string of the molecule is CCn1c(=O)[nH]c2cc(C(C)CCC(C)C)ccc21. The van der Waals surface area contributed by atoms with Gasteiger partial charge in [-0.1, -0.05) is 33.3 Å². The van der Waals surface area contributed by atoms with Crippen molar-refractivity contribution in [1.82, 2.24) is 9.55 Å². The van der Waals surface area contributed by atoms with E-state index < -0.39 is 0 Å². The minimum Gasteiger partial charge on any atom is -0.306 e. The van der Waals surface area contributed by atoms with Gasteiger partial charge in [-0.05, 0) is 42.9 Å². The van der Waals surface area contributed by atoms with Crippen LogP contribution in [0.1, 0.15) is 52.0 Å². The molecule has 0 saturated carbocycles. The molecule has 3 nitrogen and oxygen atoms in total. The zero-order valence-electron chi connectivity index (χ0n) is 12.4. The highest BCUT2D eigenvalue weighted by atomic mass is 16.1. The van der Waals surface area contributed by atoms with Crippen molar-refractivity contribution in [1.29, 1.82) is 0 Å². The molecule has 1 heterocycles. The van der Waals surface area contributed by atoms with E-state index in [2.05, 4.69) is 44.0 Å². The zero-order chi connectivity index (χ0) is 14.0. The lowest BCUT2D eigenvalue weighted by atomic mass is 9.93. The van der Waals surface area contributed by atoms with Crippen LogP contribution >= 0.6 is 0 Å². The number of hydrogen-bond acceptors (Lipinski definition) is 1. The summed E-state index contributed by atoms with van der Waals surface area (Å²) in [5, 5.41) is 0. The minimum atomic E-state index is -0.00974. The fraction of sp³-hybridized carbons (Fsp3) is 0.562. The summed E-state index contributed by atoms with van der Waals surface area (Å²) >= 11 is 0. The third-order valence-electron chi connectivity index (χ3n) is 3.86. The molecule has 0 aliphatic rings. The Hall–Kier alpha value is -1.51. The molecular weight excluding hydrogens is 236 g/mol. The van der Waals surface area contributed by atoms with Crippen LogP contribution in [-0.4, -0.2) is 9.55 Å². The van der Waals surface area contributed by atoms with Crippen LogP contribution in [0.15, 0.2) is 23.0 Å². The predicted molar refractivity (Wildman–Crippen MR) is 80.7 cm³/mol. The van der Waals surface area contributed by atoms with Gasteiger partial charge in [0.1, 0.15) is 0 Å². The second-order valence-corrected chi connectivity index (χ2v) is 5.82. The van der Waals surface area contributed by atoms with Crippen LogP contribution < -0.4 is 5.69 Å². The van der Waals surface area contributed by atoms with Crippen LogP contribution in [0.3, 0.4) is 0 Å². The monoisotopic (exact) mass is 260 g/mol. The normalized spacial score (nSPS) is 13.3. The molecule has 0 bridgehead atoms. The average molecular weight is 260 g/mol. The van der Waals surface area contributed by atoms with Gasteiger partial charge in [0.15, 0.2) is 0 Å². The Morgan fingerprint density at radius 3 is 2.58 bits per heavy atom. The molecule has 0 saturated heterocycles. The molecule has 0 aliphatic heterocycles. The first-order valence-corrected chi connectivity index (χ1v) is 7.25. The predicted octanol–water partition coefficient (Wildman–Crippen LogP) is 3.89. The Kier molecular flexibility index (Phi) is 4.13. The molecule has 1 N–H and O–H groups in total. The summed E-state index contributed by atoms with van der Waals surface area (Å²) in [6.45, 7) is 9.48. The van der Waals surface area contributed by atoms with Crippen LogP contribution in [0, 0.1) is 5.92 Å². The van der Waals surface area contributed by atoms with Crippen LogP contribution in [0.25, 0.3) is 11.0 Å². The molecule has 2 aromatic rings. The van der Waals surface area contributed by atoms with Crippen LogP contribution in [0.2, 0.25) is 0 Å². The number of imidazole rings is 1. The van der Waals surface area contributed by atoms with Crippen molar-refractivity contribution in [2.24, 2.45) is 5.92 Å². The van der Waals surface area contributed by atoms with E-state index in [1.54, 1.807) is 4.57 Å². The summed E-state index contributed by atoms with van der Waals surface area (Å²) in [6.07, 6.45) is 2.44. The Morgan fingerprint density at radius 1 is 1.21 bits per heavy atom. The molecule has 1 unspecified atom stereocenters. The number of aryl methyl sites for hydroxylation is 1. The molecule has 19 heavy (non-hydrogen) atoms. The molecule has 3 heteroatoms. The summed E-state index contributed by atoms with van der Waals surface area (Å²) in [5.74, 6) is 1.28. The van der Waals surface area contributed by atoms with Gasteiger partial charge < -0.3 is 4.98 Å². The van der Waals surface area contributed by atoms with Crippen LogP contribution in [0.5, 0.6) is 0 Å². The number of nitrogens with one attached hydrogen (secondary N) is 1. The Balaban J connectivity index is 2.29. The summed E-state index contributed by atoms with van der Waals surface area (Å²) < 4.78 is 1.78. The number of aromatic nitrogens is 2. The molecule has 104 valence electrons. The maximum Gasteiger partial charge on any atom is 0.326 e. The van der Waals surface area contributed by atoms with Crippen molar-refractivity contribution in [3.05, 3.63) is 34.2 Å². The topological polar surface area (TPSA) is 37.8 Å². The molecule has 0 amide bonds. The van der Waals surface area contributed by atoms with Crippen molar-refractivity contribution in [3.8, 4) is 0 Å². The molecule has 0 aliphatic carbocycles. The fourth-order valence-electron chi connectivity index (χ4n) is 2.55. The van der Waals surface area contributed by atoms with Crippen LogP contribution in [-0.2, 0) is 6.54 Å². The van der Waals surface area contributed by atoms with Gasteiger partial charge in [-0.15, -0.1) is 0 Å². The highest BCUT2D eigenvalue weighted by molar-refractivity contribution is 5.76. The lowest BCUT2D eigenvalue weighted by molar-refractivity contribution is 0.517. The summed E-state index contributed by atoms with van der Waals surface area (Å²) in [4.78, 5) is 14.7. The Bertz CT molecular complexity index is 607. The number of hydrogen-bond donors (Lipinski definition) is 1. The second-order valence-electron chi connectivity index (χ2n) is 5.82. The summed E-state index contributed by atoms with van der Waals surface area (Å²) in [5.41, 5.74) is 3.27. The highest BCUT2D eigenvalue weighted by Gasteiger charge is 2.10. The molecule has 0 fully saturated rings. The van der Waals surface area contributed by atoms with E-state index >= 15 is 0 Å². The van der Waals surface area contributed by atoms with E-state index in [1.807, 2.05) is 6.92 Å². The molecule has 1 atom stereocenters. The third-order valence-corrected chi connectivity index (χ3v) is 3.86. The van der Waals surface area contributed by atoms with E-state index in [0.717, 1.165) is 17.0 Å². The number of aromatic amines is 1. The van der Waals surface area contributed by atoms with Crippen LogP contribution in [0.4, 0.5) is 0 Å². The number of fused-ring (bicyclic) bond motifs is 1. The maximum atomic E-state index is 11.8. The number of nitrogens with zero attached hydrogens (tertiary/aromatic N) is 1. The summed E-state index contributed by atoms with van der Waals surface area (Å²) in [7, 11) is 0. The standard InChI is InChI=1S/C16H24N2O/c1-5-18-15-9-8-13(10-14(15)17-16(18)19)12(4)7-6-11(2)3/h8-12H,5-7H2,1-4H3,(H,17,19). The lowest BCUT2D eigenvalue weighted by Gasteiger charge is -2.13. The molecule has 0 radical (unpaired) electrons. The van der Waals surface area contributed by atoms with Gasteiger partial charge in [-0.25, -0.2) is 4.79 Å². The van der Waals surface area contributed by atoms with Crippen molar-refractivity contribution in [2.75, 3.05) is 0 Å². The van der Waals surface area contributed by atoms with Gasteiger partial charge in [0.2, 0.25) is 0 Å². The molecule has 2 rings (SSSR count). The maximum absolute atomic E-state index is 11.8. The van der Waals surface area contributed by atoms with Crippen molar-refractivity contribution >= 4 is 11.0 Å². The molecule has 1 aromatic carbocycles. The molecule has 1 aromatic heterocycles. The largest absolute Gasteiger partial charge is 0.326 e. The smallest absolute Gasteiger partial charge is 0.306 e. The first kappa shape index (κ1) is 13.9. The van der Waals surface area contributed by atoms with Crippen molar-refractivity contribution < 1.29 is 0 Å². The fourth-order valence-corrected chi connectivity index (χ4v) is 2.55. The van der Waals surface area contributed by atoms with Gasteiger partial charge in [0.25, 0.3) is 0 Å². The first-order valence-electron chi connectivity index (χ1n) is 7.25. The summed E-state index contributed by atoms with van der Waals surface area (Å²) in [6, 6.07) is 6.36. The Morgan fingerprint density at radius 2 is 1.95 bits per heavy atom. The number of rotatable bonds is 5. The lowest BCUT2D eigenvalue weighted by Crippen LogP contribution is -2.14. The van der Waals surface area contributed by atoms with E-state index in [0.29, 0.717) is 12.5 Å². The van der Waals surface area contributed by atoms with Crippen molar-refractivity contribution in [3.63, 3.8) is 0 Å². The number of benzene rings is 1. The van der Waals surface area contributed by atoms with Gasteiger partial charge in [-0.3, -0.25) is 4.57 Å². The van der Waals surface area contributed by atoms with E-state index in [1.165, 1.54) is 18.4 Å². The molecule has 0 spiro atoms.